The van der Waals surface area contributed by atoms with Crippen LogP contribution >= 0.6 is 0 Å². The summed E-state index contributed by atoms with van der Waals surface area (Å²) >= 11 is 0. The topological polar surface area (TPSA) is 34.2 Å². The van der Waals surface area contributed by atoms with E-state index in [9.17, 15) is 0 Å². The highest BCUT2D eigenvalue weighted by Crippen LogP contribution is 2.15. The summed E-state index contributed by atoms with van der Waals surface area (Å²) in [6.45, 7) is 8.15. The molecule has 3 heteroatoms. The Morgan fingerprint density at radius 2 is 2.18 bits per heavy atom. The van der Waals surface area contributed by atoms with Crippen LogP contribution in [0.4, 0.5) is 0 Å². The van der Waals surface area contributed by atoms with Crippen molar-refractivity contribution in [1.29, 1.82) is 0 Å². The van der Waals surface area contributed by atoms with E-state index in [1.54, 1.807) is 6.20 Å². The highest BCUT2D eigenvalue weighted by molar-refractivity contribution is 5.25. The maximum absolute atomic E-state index is 5.67. The second kappa shape index (κ2) is 8.07. The van der Waals surface area contributed by atoms with Gasteiger partial charge in [-0.05, 0) is 32.9 Å². The number of unbranched alkanes of at least 4 members (excludes halogenated alkanes) is 2. The molecule has 0 aliphatic rings. The van der Waals surface area contributed by atoms with Gasteiger partial charge in [-0.25, -0.2) is 4.98 Å². The van der Waals surface area contributed by atoms with Crippen molar-refractivity contribution in [1.82, 2.24) is 10.3 Å². The van der Waals surface area contributed by atoms with Crippen LogP contribution in [-0.4, -0.2) is 17.6 Å². The zero-order chi connectivity index (χ0) is 12.5. The van der Waals surface area contributed by atoms with Gasteiger partial charge in [-0.3, -0.25) is 0 Å². The molecule has 1 aromatic rings. The Kier molecular flexibility index (Phi) is 6.63. The van der Waals surface area contributed by atoms with Gasteiger partial charge >= 0.3 is 0 Å². The number of nitrogens with one attached hydrogen (secondary N) is 1. The first-order valence-corrected chi connectivity index (χ1v) is 6.55. The van der Waals surface area contributed by atoms with E-state index in [1.165, 1.54) is 19.3 Å². The van der Waals surface area contributed by atoms with Gasteiger partial charge in [0.1, 0.15) is 0 Å². The number of rotatable bonds is 8. The second-order valence-corrected chi connectivity index (χ2v) is 4.52. The number of nitrogens with zero attached hydrogens (tertiary/aromatic N) is 1. The van der Waals surface area contributed by atoms with Crippen LogP contribution in [0.1, 0.15) is 45.6 Å². The molecule has 0 bridgehead atoms. The summed E-state index contributed by atoms with van der Waals surface area (Å²) in [7, 11) is 0. The molecule has 17 heavy (non-hydrogen) atoms. The zero-order valence-electron chi connectivity index (χ0n) is 11.2. The van der Waals surface area contributed by atoms with Crippen molar-refractivity contribution in [2.45, 2.75) is 52.7 Å². The van der Waals surface area contributed by atoms with Crippen molar-refractivity contribution in [3.05, 3.63) is 23.9 Å². The monoisotopic (exact) mass is 236 g/mol. The third-order valence-electron chi connectivity index (χ3n) is 2.47. The molecule has 96 valence electrons. The van der Waals surface area contributed by atoms with Crippen LogP contribution in [0, 0.1) is 0 Å². The van der Waals surface area contributed by atoms with Gasteiger partial charge in [-0.2, -0.15) is 0 Å². The summed E-state index contributed by atoms with van der Waals surface area (Å²) in [5, 5.41) is 3.43. The summed E-state index contributed by atoms with van der Waals surface area (Å²) in [6, 6.07) is 4.02. The third kappa shape index (κ3) is 5.68. The Hall–Kier alpha value is -1.09. The Morgan fingerprint density at radius 3 is 2.88 bits per heavy atom. The summed E-state index contributed by atoms with van der Waals surface area (Å²) in [6.07, 6.45) is 5.73. The lowest BCUT2D eigenvalue weighted by atomic mass is 10.2. The molecule has 0 atom stereocenters. The molecule has 1 rings (SSSR count). The van der Waals surface area contributed by atoms with E-state index >= 15 is 0 Å². The summed E-state index contributed by atoms with van der Waals surface area (Å²) < 4.78 is 5.67. The molecule has 1 N–H and O–H groups in total. The molecule has 1 aromatic heterocycles. The van der Waals surface area contributed by atoms with Crippen LogP contribution in [0.25, 0.3) is 0 Å². The molecular formula is C14H24N2O. The fourth-order valence-corrected chi connectivity index (χ4v) is 1.61. The second-order valence-electron chi connectivity index (χ2n) is 4.52. The van der Waals surface area contributed by atoms with Crippen LogP contribution in [0.3, 0.4) is 0 Å². The van der Waals surface area contributed by atoms with E-state index in [0.717, 1.165) is 24.5 Å². The largest absolute Gasteiger partial charge is 0.475 e. The van der Waals surface area contributed by atoms with Crippen LogP contribution in [0.15, 0.2) is 18.3 Å². The quantitative estimate of drug-likeness (QED) is 0.704. The molecule has 0 saturated carbocycles. The lowest BCUT2D eigenvalue weighted by Crippen LogP contribution is -2.17. The van der Waals surface area contributed by atoms with Gasteiger partial charge in [-0.15, -0.1) is 0 Å². The minimum Gasteiger partial charge on any atom is -0.475 e. The fourth-order valence-electron chi connectivity index (χ4n) is 1.61. The number of pyridine rings is 1. The molecule has 0 aromatic carbocycles. The predicted octanol–water partition coefficient (Wildman–Crippen LogP) is 3.15. The van der Waals surface area contributed by atoms with Crippen molar-refractivity contribution in [3.8, 4) is 5.88 Å². The normalized spacial score (nSPS) is 10.8. The number of hydrogen-bond donors (Lipinski definition) is 1. The van der Waals surface area contributed by atoms with E-state index < -0.39 is 0 Å². The Morgan fingerprint density at radius 1 is 1.35 bits per heavy atom. The van der Waals surface area contributed by atoms with E-state index in [1.807, 2.05) is 19.9 Å². The van der Waals surface area contributed by atoms with Crippen molar-refractivity contribution in [2.24, 2.45) is 0 Å². The summed E-state index contributed by atoms with van der Waals surface area (Å²) in [5.74, 6) is 0.755. The van der Waals surface area contributed by atoms with Gasteiger partial charge < -0.3 is 10.1 Å². The lowest BCUT2D eigenvalue weighted by Gasteiger charge is -2.13. The SMILES string of the molecule is CCCCCNCc1cccnc1OC(C)C. The highest BCUT2D eigenvalue weighted by atomic mass is 16.5. The molecule has 0 unspecified atom stereocenters. The van der Waals surface area contributed by atoms with Crippen molar-refractivity contribution in [2.75, 3.05) is 6.54 Å². The first-order valence-electron chi connectivity index (χ1n) is 6.55. The van der Waals surface area contributed by atoms with Gasteiger partial charge in [0.15, 0.2) is 0 Å². The average molecular weight is 236 g/mol. The standard InChI is InChI=1S/C14H24N2O/c1-4-5-6-9-15-11-13-8-7-10-16-14(13)17-12(2)3/h7-8,10,12,15H,4-6,9,11H2,1-3H3. The van der Waals surface area contributed by atoms with Gasteiger partial charge in [0, 0.05) is 18.3 Å². The Labute approximate surface area is 105 Å². The summed E-state index contributed by atoms with van der Waals surface area (Å²) in [5.41, 5.74) is 1.14. The predicted molar refractivity (Wildman–Crippen MR) is 71.2 cm³/mol. The van der Waals surface area contributed by atoms with Crippen molar-refractivity contribution >= 4 is 0 Å². The van der Waals surface area contributed by atoms with E-state index in [2.05, 4.69) is 23.3 Å². The van der Waals surface area contributed by atoms with Crippen LogP contribution in [-0.2, 0) is 6.54 Å². The maximum Gasteiger partial charge on any atom is 0.218 e. The number of aromatic nitrogens is 1. The van der Waals surface area contributed by atoms with E-state index in [4.69, 9.17) is 4.74 Å². The summed E-state index contributed by atoms with van der Waals surface area (Å²) in [4.78, 5) is 4.27. The van der Waals surface area contributed by atoms with Gasteiger partial charge in [0.25, 0.3) is 0 Å². The Bertz CT molecular complexity index is 313. The molecule has 0 amide bonds. The molecule has 0 fully saturated rings. The molecule has 1 heterocycles. The molecule has 0 spiro atoms. The lowest BCUT2D eigenvalue weighted by molar-refractivity contribution is 0.229. The van der Waals surface area contributed by atoms with E-state index in [0.29, 0.717) is 0 Å². The zero-order valence-corrected chi connectivity index (χ0v) is 11.2. The molecule has 0 radical (unpaired) electrons. The first kappa shape index (κ1) is 14.0. The van der Waals surface area contributed by atoms with Crippen molar-refractivity contribution < 1.29 is 4.74 Å². The smallest absolute Gasteiger partial charge is 0.218 e. The highest BCUT2D eigenvalue weighted by Gasteiger charge is 2.05. The van der Waals surface area contributed by atoms with Crippen LogP contribution < -0.4 is 10.1 Å². The molecule has 0 saturated heterocycles. The molecule has 0 aliphatic heterocycles. The maximum atomic E-state index is 5.67. The Balaban J connectivity index is 2.40. The van der Waals surface area contributed by atoms with Gasteiger partial charge in [0.05, 0.1) is 6.10 Å². The van der Waals surface area contributed by atoms with Crippen molar-refractivity contribution in [3.63, 3.8) is 0 Å². The van der Waals surface area contributed by atoms with Gasteiger partial charge in [0.2, 0.25) is 5.88 Å². The first-order chi connectivity index (χ1) is 8.24. The minimum absolute atomic E-state index is 0.170. The fraction of sp³-hybridized carbons (Fsp3) is 0.643. The third-order valence-corrected chi connectivity index (χ3v) is 2.47. The molecule has 3 nitrogen and oxygen atoms in total. The van der Waals surface area contributed by atoms with Crippen LogP contribution in [0.2, 0.25) is 0 Å². The van der Waals surface area contributed by atoms with Gasteiger partial charge in [-0.1, -0.05) is 25.8 Å². The minimum atomic E-state index is 0.170. The van der Waals surface area contributed by atoms with E-state index in [-0.39, 0.29) is 6.10 Å². The molecule has 0 aliphatic carbocycles. The number of ether oxygens (including phenoxy) is 1. The molecular weight excluding hydrogens is 212 g/mol. The van der Waals surface area contributed by atoms with Crippen LogP contribution in [0.5, 0.6) is 5.88 Å². The average Bonchev–Trinajstić information content (AvgIpc) is 2.30. The number of hydrogen-bond acceptors (Lipinski definition) is 3.